The molecule has 0 amide bonds. The van der Waals surface area contributed by atoms with E-state index >= 15 is 0 Å². The van der Waals surface area contributed by atoms with Gasteiger partial charge in [0, 0.05) is 0 Å². The molecule has 90 valence electrons. The van der Waals surface area contributed by atoms with Gasteiger partial charge in [-0.05, 0) is 20.8 Å². The fraction of sp³-hybridized carbons (Fsp3) is 0.778. The molecule has 0 heterocycles. The number of halogens is 3. The van der Waals surface area contributed by atoms with Gasteiger partial charge in [-0.2, -0.15) is 13.2 Å². The van der Waals surface area contributed by atoms with Crippen molar-refractivity contribution in [2.24, 2.45) is 5.73 Å². The Bertz CT molecular complexity index is 238. The molecule has 2 atom stereocenters. The second-order valence-corrected chi connectivity index (χ2v) is 3.85. The molecule has 15 heavy (non-hydrogen) atoms. The summed E-state index contributed by atoms with van der Waals surface area (Å²) >= 11 is 0. The Kier molecular flexibility index (Phi) is 4.18. The summed E-state index contributed by atoms with van der Waals surface area (Å²) in [4.78, 5) is 0. The first-order valence-electron chi connectivity index (χ1n) is 4.37. The van der Waals surface area contributed by atoms with Crippen LogP contribution in [0.3, 0.4) is 0 Å². The van der Waals surface area contributed by atoms with Crippen LogP contribution in [0.4, 0.5) is 13.2 Å². The zero-order valence-corrected chi connectivity index (χ0v) is 8.93. The molecule has 0 rings (SSSR count). The van der Waals surface area contributed by atoms with Gasteiger partial charge < -0.3 is 15.6 Å². The standard InChI is InChI=1S/C9H16F3NO2/c1-5(14)7(13)6(2)15-8(3,4)9(10,11)12/h6-7,14H,1,13H2,2-4H3. The van der Waals surface area contributed by atoms with E-state index in [0.717, 1.165) is 13.8 Å². The summed E-state index contributed by atoms with van der Waals surface area (Å²) in [6, 6.07) is -1.04. The number of nitrogens with two attached hydrogens (primary N) is 1. The first-order valence-corrected chi connectivity index (χ1v) is 4.37. The lowest BCUT2D eigenvalue weighted by Crippen LogP contribution is -2.48. The number of hydrogen-bond acceptors (Lipinski definition) is 3. The highest BCUT2D eigenvalue weighted by Gasteiger charge is 2.49. The van der Waals surface area contributed by atoms with Gasteiger partial charge in [-0.1, -0.05) is 6.58 Å². The van der Waals surface area contributed by atoms with E-state index in [0.29, 0.717) is 0 Å². The quantitative estimate of drug-likeness (QED) is 0.723. The molecule has 0 aromatic carbocycles. The summed E-state index contributed by atoms with van der Waals surface area (Å²) in [5, 5.41) is 8.91. The van der Waals surface area contributed by atoms with E-state index in [-0.39, 0.29) is 0 Å². The highest BCUT2D eigenvalue weighted by atomic mass is 19.4. The summed E-state index contributed by atoms with van der Waals surface area (Å²) in [6.07, 6.45) is -5.46. The SMILES string of the molecule is C=C(O)C(N)C(C)OC(C)(C)C(F)(F)F. The topological polar surface area (TPSA) is 55.5 Å². The van der Waals surface area contributed by atoms with E-state index in [2.05, 4.69) is 6.58 Å². The number of ether oxygens (including phenoxy) is 1. The average molecular weight is 227 g/mol. The summed E-state index contributed by atoms with van der Waals surface area (Å²) < 4.78 is 42.0. The van der Waals surface area contributed by atoms with Crippen molar-refractivity contribution in [3.8, 4) is 0 Å². The molecule has 0 saturated carbocycles. The first-order chi connectivity index (χ1) is 6.49. The van der Waals surface area contributed by atoms with Crippen LogP contribution in [-0.2, 0) is 4.74 Å². The molecule has 0 aromatic rings. The molecule has 6 heteroatoms. The number of alkyl halides is 3. The highest BCUT2D eigenvalue weighted by Crippen LogP contribution is 2.34. The Morgan fingerprint density at radius 2 is 1.80 bits per heavy atom. The molecule has 3 N–H and O–H groups in total. The van der Waals surface area contributed by atoms with E-state index in [1.807, 2.05) is 0 Å². The van der Waals surface area contributed by atoms with Gasteiger partial charge >= 0.3 is 6.18 Å². The van der Waals surface area contributed by atoms with Crippen LogP contribution in [0.5, 0.6) is 0 Å². The van der Waals surface area contributed by atoms with Crippen molar-refractivity contribution in [1.82, 2.24) is 0 Å². The molecule has 0 bridgehead atoms. The monoisotopic (exact) mass is 227 g/mol. The van der Waals surface area contributed by atoms with E-state index in [9.17, 15) is 13.2 Å². The van der Waals surface area contributed by atoms with Gasteiger partial charge in [-0.25, -0.2) is 0 Å². The first kappa shape index (κ1) is 14.2. The number of rotatable bonds is 4. The van der Waals surface area contributed by atoms with Crippen LogP contribution in [0.1, 0.15) is 20.8 Å². The molecule has 0 saturated heterocycles. The van der Waals surface area contributed by atoms with Crippen LogP contribution in [0.25, 0.3) is 0 Å². The second kappa shape index (κ2) is 4.40. The van der Waals surface area contributed by atoms with E-state index in [1.165, 1.54) is 6.92 Å². The van der Waals surface area contributed by atoms with Crippen molar-refractivity contribution in [3.05, 3.63) is 12.3 Å². The molecule has 0 radical (unpaired) electrons. The van der Waals surface area contributed by atoms with Gasteiger partial charge in [-0.15, -0.1) is 0 Å². The van der Waals surface area contributed by atoms with E-state index < -0.39 is 29.7 Å². The van der Waals surface area contributed by atoms with Crippen molar-refractivity contribution in [3.63, 3.8) is 0 Å². The minimum absolute atomic E-state index is 0.402. The molecule has 0 fully saturated rings. The summed E-state index contributed by atoms with van der Waals surface area (Å²) in [5.41, 5.74) is 3.06. The second-order valence-electron chi connectivity index (χ2n) is 3.85. The molecule has 2 unspecified atom stereocenters. The Morgan fingerprint density at radius 3 is 2.07 bits per heavy atom. The molecule has 0 spiro atoms. The third kappa shape index (κ3) is 3.71. The lowest BCUT2D eigenvalue weighted by Gasteiger charge is -2.33. The van der Waals surface area contributed by atoms with Gasteiger partial charge in [0.1, 0.15) is 5.76 Å². The van der Waals surface area contributed by atoms with Gasteiger partial charge in [0.2, 0.25) is 0 Å². The van der Waals surface area contributed by atoms with Crippen LogP contribution < -0.4 is 5.73 Å². The lowest BCUT2D eigenvalue weighted by atomic mass is 10.1. The summed E-state index contributed by atoms with van der Waals surface area (Å²) in [7, 11) is 0. The van der Waals surface area contributed by atoms with E-state index in [4.69, 9.17) is 15.6 Å². The molecule has 0 aliphatic rings. The zero-order chi connectivity index (χ0) is 12.4. The predicted octanol–water partition coefficient (Wildman–Crippen LogP) is 2.13. The van der Waals surface area contributed by atoms with Crippen molar-refractivity contribution in [2.45, 2.75) is 44.7 Å². The molecular weight excluding hydrogens is 211 g/mol. The predicted molar refractivity (Wildman–Crippen MR) is 50.4 cm³/mol. The van der Waals surface area contributed by atoms with Crippen LogP contribution in [-0.4, -0.2) is 29.0 Å². The van der Waals surface area contributed by atoms with Crippen LogP contribution >= 0.6 is 0 Å². The minimum Gasteiger partial charge on any atom is -0.511 e. The fourth-order valence-corrected chi connectivity index (χ4v) is 0.876. The lowest BCUT2D eigenvalue weighted by molar-refractivity contribution is -0.276. The van der Waals surface area contributed by atoms with Crippen molar-refractivity contribution < 1.29 is 23.0 Å². The third-order valence-corrected chi connectivity index (χ3v) is 2.05. The number of aliphatic hydroxyl groups is 1. The third-order valence-electron chi connectivity index (χ3n) is 2.05. The molecular formula is C9H16F3NO2. The number of hydrogen-bond donors (Lipinski definition) is 2. The molecule has 3 nitrogen and oxygen atoms in total. The van der Waals surface area contributed by atoms with Crippen molar-refractivity contribution in [1.29, 1.82) is 0 Å². The van der Waals surface area contributed by atoms with Crippen molar-refractivity contribution in [2.75, 3.05) is 0 Å². The molecule has 0 aliphatic carbocycles. The van der Waals surface area contributed by atoms with Gasteiger partial charge in [0.15, 0.2) is 5.60 Å². The zero-order valence-electron chi connectivity index (χ0n) is 8.93. The maximum Gasteiger partial charge on any atom is 0.416 e. The largest absolute Gasteiger partial charge is 0.511 e. The fourth-order valence-electron chi connectivity index (χ4n) is 0.876. The Balaban J connectivity index is 4.54. The minimum atomic E-state index is -4.49. The van der Waals surface area contributed by atoms with E-state index in [1.54, 1.807) is 0 Å². The van der Waals surface area contributed by atoms with Gasteiger partial charge in [0.25, 0.3) is 0 Å². The van der Waals surface area contributed by atoms with Crippen LogP contribution in [0, 0.1) is 0 Å². The van der Waals surface area contributed by atoms with Crippen molar-refractivity contribution >= 4 is 0 Å². The smallest absolute Gasteiger partial charge is 0.416 e. The number of aliphatic hydroxyl groups excluding tert-OH is 1. The van der Waals surface area contributed by atoms with Crippen LogP contribution in [0.15, 0.2) is 12.3 Å². The average Bonchev–Trinajstić information content (AvgIpc) is 1.99. The molecule has 0 aliphatic heterocycles. The maximum absolute atomic E-state index is 12.4. The van der Waals surface area contributed by atoms with Gasteiger partial charge in [0.05, 0.1) is 12.1 Å². The normalized spacial score (nSPS) is 17.3. The Labute approximate surface area is 86.7 Å². The summed E-state index contributed by atoms with van der Waals surface area (Å²) in [5.74, 6) is -0.402. The van der Waals surface area contributed by atoms with Gasteiger partial charge in [-0.3, -0.25) is 0 Å². The summed E-state index contributed by atoms with van der Waals surface area (Å²) in [6.45, 7) is 6.28. The molecule has 0 aromatic heterocycles. The Morgan fingerprint density at radius 1 is 1.40 bits per heavy atom. The van der Waals surface area contributed by atoms with Crippen LogP contribution in [0.2, 0.25) is 0 Å². The highest BCUT2D eigenvalue weighted by molar-refractivity contribution is 4.97. The maximum atomic E-state index is 12.4. The Hall–Kier alpha value is -0.750.